The third-order valence-corrected chi connectivity index (χ3v) is 4.49. The smallest absolute Gasteiger partial charge is 0.232 e. The van der Waals surface area contributed by atoms with Crippen molar-refractivity contribution < 1.29 is 13.6 Å². The Morgan fingerprint density at radius 1 is 1.22 bits per heavy atom. The first-order valence-electron chi connectivity index (χ1n) is 7.38. The van der Waals surface area contributed by atoms with Crippen LogP contribution in [0.5, 0.6) is 0 Å². The molecule has 6 heteroatoms. The van der Waals surface area contributed by atoms with Crippen LogP contribution in [-0.4, -0.2) is 22.4 Å². The minimum atomic E-state index is -0.547. The molecule has 4 nitrogen and oxygen atoms in total. The van der Waals surface area contributed by atoms with Crippen LogP contribution in [0.1, 0.15) is 20.8 Å². The summed E-state index contributed by atoms with van der Waals surface area (Å²) >= 11 is 0. The number of hydrogen-bond donors (Lipinski definition) is 0. The maximum Gasteiger partial charge on any atom is 0.232 e. The number of aromatic nitrogens is 2. The number of amides is 1. The molecule has 23 heavy (non-hydrogen) atoms. The maximum atomic E-state index is 13.8. The first-order valence-corrected chi connectivity index (χ1v) is 7.38. The number of carbonyl (C=O) groups is 1. The van der Waals surface area contributed by atoms with Crippen LogP contribution >= 0.6 is 0 Å². The van der Waals surface area contributed by atoms with Gasteiger partial charge in [-0.2, -0.15) is 0 Å². The van der Waals surface area contributed by atoms with Gasteiger partial charge in [-0.05, 0) is 23.6 Å². The molecule has 1 atom stereocenters. The summed E-state index contributed by atoms with van der Waals surface area (Å²) in [5.41, 5.74) is 0.302. The van der Waals surface area contributed by atoms with Gasteiger partial charge in [-0.25, -0.2) is 18.7 Å². The van der Waals surface area contributed by atoms with Gasteiger partial charge in [-0.3, -0.25) is 9.69 Å². The van der Waals surface area contributed by atoms with Crippen molar-refractivity contribution in [1.29, 1.82) is 0 Å². The molecule has 1 aromatic heterocycles. The molecule has 120 valence electrons. The highest BCUT2D eigenvalue weighted by Gasteiger charge is 2.44. The third kappa shape index (κ3) is 2.69. The molecule has 3 rings (SSSR count). The predicted molar refractivity (Wildman–Crippen MR) is 82.7 cm³/mol. The molecule has 0 unspecified atom stereocenters. The number of rotatable bonds is 2. The number of benzene rings is 1. The molecule has 0 saturated carbocycles. The van der Waals surface area contributed by atoms with Gasteiger partial charge in [0.1, 0.15) is 11.6 Å². The highest BCUT2D eigenvalue weighted by Crippen LogP contribution is 2.37. The molecule has 0 aliphatic carbocycles. The molecule has 0 spiro atoms. The van der Waals surface area contributed by atoms with Gasteiger partial charge in [0.05, 0.1) is 0 Å². The van der Waals surface area contributed by atoms with E-state index in [4.69, 9.17) is 0 Å². The number of anilines is 1. The van der Waals surface area contributed by atoms with Gasteiger partial charge in [0.15, 0.2) is 0 Å². The van der Waals surface area contributed by atoms with Crippen molar-refractivity contribution in [3.63, 3.8) is 0 Å². The number of hydrogen-bond acceptors (Lipinski definition) is 3. The summed E-state index contributed by atoms with van der Waals surface area (Å²) in [7, 11) is 0. The molecule has 1 aliphatic rings. The van der Waals surface area contributed by atoms with Gasteiger partial charge in [0.25, 0.3) is 0 Å². The van der Waals surface area contributed by atoms with Gasteiger partial charge in [-0.1, -0.05) is 20.8 Å². The SMILES string of the molecule is C[C@@H]1C(=O)N(c2ncc(-c3cc(F)ccc3F)cn2)CC1(C)C. The van der Waals surface area contributed by atoms with Crippen LogP contribution in [-0.2, 0) is 4.79 Å². The van der Waals surface area contributed by atoms with Crippen LogP contribution in [0, 0.1) is 23.0 Å². The Morgan fingerprint density at radius 2 is 1.87 bits per heavy atom. The Labute approximate surface area is 133 Å². The standard InChI is InChI=1S/C17H17F2N3O/c1-10-15(23)22(9-17(10,2)3)16-20-7-11(8-21-16)13-6-12(18)4-5-14(13)19/h4-8,10H,9H2,1-3H3/t10-/m1/s1. The van der Waals surface area contributed by atoms with Crippen LogP contribution in [0.15, 0.2) is 30.6 Å². The lowest BCUT2D eigenvalue weighted by Crippen LogP contribution is -2.28. The summed E-state index contributed by atoms with van der Waals surface area (Å²) < 4.78 is 27.1. The van der Waals surface area contributed by atoms with E-state index < -0.39 is 11.6 Å². The normalized spacial score (nSPS) is 20.1. The number of carbonyl (C=O) groups excluding carboxylic acids is 1. The van der Waals surface area contributed by atoms with Crippen LogP contribution < -0.4 is 4.90 Å². The van der Waals surface area contributed by atoms with E-state index in [2.05, 4.69) is 9.97 Å². The van der Waals surface area contributed by atoms with Crippen LogP contribution in [0.2, 0.25) is 0 Å². The average molecular weight is 317 g/mol. The zero-order valence-corrected chi connectivity index (χ0v) is 13.2. The second kappa shape index (κ2) is 5.37. The van der Waals surface area contributed by atoms with Crippen LogP contribution in [0.25, 0.3) is 11.1 Å². The highest BCUT2D eigenvalue weighted by molar-refractivity contribution is 5.96. The predicted octanol–water partition coefficient (Wildman–Crippen LogP) is 3.43. The van der Waals surface area contributed by atoms with E-state index in [0.29, 0.717) is 12.1 Å². The largest absolute Gasteiger partial charge is 0.280 e. The first-order chi connectivity index (χ1) is 10.8. The van der Waals surface area contributed by atoms with Gasteiger partial charge in [0.2, 0.25) is 11.9 Å². The van der Waals surface area contributed by atoms with E-state index in [1.165, 1.54) is 17.3 Å². The summed E-state index contributed by atoms with van der Waals surface area (Å²) in [5, 5.41) is 0. The molecule has 1 saturated heterocycles. The molecular weight excluding hydrogens is 300 g/mol. The molecule has 2 aromatic rings. The molecule has 1 amide bonds. The van der Waals surface area contributed by atoms with Crippen molar-refractivity contribution in [3.05, 3.63) is 42.2 Å². The molecule has 1 aromatic carbocycles. The average Bonchev–Trinajstić information content (AvgIpc) is 2.73. The molecule has 0 N–H and O–H groups in total. The van der Waals surface area contributed by atoms with Crippen LogP contribution in [0.3, 0.4) is 0 Å². The van der Waals surface area contributed by atoms with E-state index in [-0.39, 0.29) is 28.8 Å². The summed E-state index contributed by atoms with van der Waals surface area (Å²) in [6, 6.07) is 3.22. The maximum absolute atomic E-state index is 13.8. The highest BCUT2D eigenvalue weighted by atomic mass is 19.1. The Hall–Kier alpha value is -2.37. The minimum absolute atomic E-state index is 0.0281. The summed E-state index contributed by atoms with van der Waals surface area (Å²) in [5.74, 6) is -0.940. The van der Waals surface area contributed by atoms with E-state index in [9.17, 15) is 13.6 Å². The van der Waals surface area contributed by atoms with Crippen molar-refractivity contribution in [2.45, 2.75) is 20.8 Å². The van der Waals surface area contributed by atoms with Crippen molar-refractivity contribution in [2.24, 2.45) is 11.3 Å². The lowest BCUT2D eigenvalue weighted by Gasteiger charge is -2.20. The lowest BCUT2D eigenvalue weighted by molar-refractivity contribution is -0.121. The fourth-order valence-corrected chi connectivity index (χ4v) is 2.68. The zero-order chi connectivity index (χ0) is 16.8. The number of nitrogens with zero attached hydrogens (tertiary/aromatic N) is 3. The van der Waals surface area contributed by atoms with Gasteiger partial charge >= 0.3 is 0 Å². The fraction of sp³-hybridized carbons (Fsp3) is 0.353. The second-order valence-electron chi connectivity index (χ2n) is 6.53. The molecule has 1 fully saturated rings. The van der Waals surface area contributed by atoms with Gasteiger partial charge < -0.3 is 0 Å². The third-order valence-electron chi connectivity index (χ3n) is 4.49. The summed E-state index contributed by atoms with van der Waals surface area (Å²) in [4.78, 5) is 22.2. The molecular formula is C17H17F2N3O. The van der Waals surface area contributed by atoms with E-state index in [1.807, 2.05) is 20.8 Å². The van der Waals surface area contributed by atoms with Crippen LogP contribution in [0.4, 0.5) is 14.7 Å². The summed E-state index contributed by atoms with van der Waals surface area (Å²) in [6.07, 6.45) is 2.81. The Bertz CT molecular complexity index is 759. The molecule has 1 aliphatic heterocycles. The van der Waals surface area contributed by atoms with E-state index in [1.54, 1.807) is 0 Å². The Morgan fingerprint density at radius 3 is 2.43 bits per heavy atom. The Kier molecular flexibility index (Phi) is 3.62. The van der Waals surface area contributed by atoms with Crippen molar-refractivity contribution >= 4 is 11.9 Å². The molecule has 0 radical (unpaired) electrons. The molecule has 2 heterocycles. The van der Waals surface area contributed by atoms with Crippen molar-refractivity contribution in [2.75, 3.05) is 11.4 Å². The minimum Gasteiger partial charge on any atom is -0.280 e. The monoisotopic (exact) mass is 317 g/mol. The van der Waals surface area contributed by atoms with Crippen molar-refractivity contribution in [3.8, 4) is 11.1 Å². The second-order valence-corrected chi connectivity index (χ2v) is 6.53. The summed E-state index contributed by atoms with van der Waals surface area (Å²) in [6.45, 7) is 6.46. The topological polar surface area (TPSA) is 46.1 Å². The number of halogens is 2. The van der Waals surface area contributed by atoms with E-state index in [0.717, 1.165) is 18.2 Å². The first kappa shape index (κ1) is 15.5. The molecule has 0 bridgehead atoms. The quantitative estimate of drug-likeness (QED) is 0.852. The van der Waals surface area contributed by atoms with Crippen molar-refractivity contribution in [1.82, 2.24) is 9.97 Å². The van der Waals surface area contributed by atoms with E-state index >= 15 is 0 Å². The van der Waals surface area contributed by atoms with Gasteiger partial charge in [0, 0.05) is 36.0 Å². The van der Waals surface area contributed by atoms with Gasteiger partial charge in [-0.15, -0.1) is 0 Å². The fourth-order valence-electron chi connectivity index (χ4n) is 2.68. The Balaban J connectivity index is 1.91. The lowest BCUT2D eigenvalue weighted by atomic mass is 9.83. The zero-order valence-electron chi connectivity index (χ0n) is 13.2.